The van der Waals surface area contributed by atoms with Crippen LogP contribution in [0.2, 0.25) is 5.02 Å². The lowest BCUT2D eigenvalue weighted by Crippen LogP contribution is -2.41. The average molecular weight is 360 g/mol. The van der Waals surface area contributed by atoms with Crippen molar-refractivity contribution in [3.05, 3.63) is 46.7 Å². The fourth-order valence-electron chi connectivity index (χ4n) is 2.52. The Morgan fingerprint density at radius 1 is 1.25 bits per heavy atom. The van der Waals surface area contributed by atoms with Crippen LogP contribution in [0.3, 0.4) is 0 Å². The van der Waals surface area contributed by atoms with Crippen molar-refractivity contribution < 1.29 is 22.7 Å². The van der Waals surface area contributed by atoms with E-state index in [1.807, 2.05) is 0 Å². The monoisotopic (exact) mass is 359 g/mol. The topological polar surface area (TPSA) is 47.4 Å². The van der Waals surface area contributed by atoms with Crippen molar-refractivity contribution in [3.8, 4) is 5.69 Å². The molecule has 0 atom stereocenters. The molecule has 128 valence electrons. The van der Waals surface area contributed by atoms with Crippen LogP contribution >= 0.6 is 11.6 Å². The van der Waals surface area contributed by atoms with E-state index in [1.165, 1.54) is 23.1 Å². The lowest BCUT2D eigenvalue weighted by molar-refractivity contribution is -0.143. The second kappa shape index (κ2) is 6.45. The number of halogens is 4. The van der Waals surface area contributed by atoms with Crippen LogP contribution in [-0.4, -0.2) is 46.9 Å². The van der Waals surface area contributed by atoms with Gasteiger partial charge in [-0.3, -0.25) is 4.79 Å². The molecule has 1 fully saturated rings. The fraction of sp³-hybridized carbons (Fsp3) is 0.333. The van der Waals surface area contributed by atoms with E-state index in [0.29, 0.717) is 17.9 Å². The number of amides is 1. The van der Waals surface area contributed by atoms with Gasteiger partial charge in [0.25, 0.3) is 5.91 Å². The highest BCUT2D eigenvalue weighted by atomic mass is 35.5. The SMILES string of the molecule is O=C(c1cnn(-c2cccc(Cl)c2)c1C(F)(F)F)N1CCOCC1. The molecule has 0 spiro atoms. The van der Waals surface area contributed by atoms with Crippen molar-refractivity contribution in [2.24, 2.45) is 0 Å². The average Bonchev–Trinajstić information content (AvgIpc) is 3.00. The molecule has 2 aromatic rings. The van der Waals surface area contributed by atoms with Crippen LogP contribution in [0.15, 0.2) is 30.5 Å². The molecule has 5 nitrogen and oxygen atoms in total. The number of ether oxygens (including phenoxy) is 1. The van der Waals surface area contributed by atoms with Crippen molar-refractivity contribution in [2.45, 2.75) is 6.18 Å². The molecule has 1 aliphatic heterocycles. The van der Waals surface area contributed by atoms with Gasteiger partial charge in [-0.2, -0.15) is 18.3 Å². The Morgan fingerprint density at radius 2 is 1.96 bits per heavy atom. The molecule has 0 N–H and O–H groups in total. The van der Waals surface area contributed by atoms with Gasteiger partial charge < -0.3 is 9.64 Å². The van der Waals surface area contributed by atoms with E-state index in [0.717, 1.165) is 6.20 Å². The predicted octanol–water partition coefficient (Wildman–Crippen LogP) is 3.02. The van der Waals surface area contributed by atoms with Gasteiger partial charge in [-0.05, 0) is 18.2 Å². The number of benzene rings is 1. The number of aromatic nitrogens is 2. The highest BCUT2D eigenvalue weighted by Crippen LogP contribution is 2.34. The maximum absolute atomic E-state index is 13.6. The zero-order valence-electron chi connectivity index (χ0n) is 12.4. The molecule has 24 heavy (non-hydrogen) atoms. The number of carbonyl (C=O) groups excluding carboxylic acids is 1. The number of carbonyl (C=O) groups is 1. The van der Waals surface area contributed by atoms with Crippen LogP contribution in [0.5, 0.6) is 0 Å². The Labute approximate surface area is 140 Å². The molecular weight excluding hydrogens is 347 g/mol. The molecule has 0 saturated carbocycles. The highest BCUT2D eigenvalue weighted by Gasteiger charge is 2.41. The van der Waals surface area contributed by atoms with Crippen LogP contribution in [0.25, 0.3) is 5.69 Å². The molecule has 0 unspecified atom stereocenters. The molecule has 1 aliphatic rings. The van der Waals surface area contributed by atoms with Crippen molar-refractivity contribution in [1.82, 2.24) is 14.7 Å². The Kier molecular flexibility index (Phi) is 4.51. The summed E-state index contributed by atoms with van der Waals surface area (Å²) in [4.78, 5) is 13.8. The summed E-state index contributed by atoms with van der Waals surface area (Å²) >= 11 is 5.84. The van der Waals surface area contributed by atoms with E-state index in [2.05, 4.69) is 5.10 Å². The maximum Gasteiger partial charge on any atom is 0.434 e. The van der Waals surface area contributed by atoms with E-state index in [-0.39, 0.29) is 23.8 Å². The highest BCUT2D eigenvalue weighted by molar-refractivity contribution is 6.30. The Balaban J connectivity index is 2.06. The molecule has 1 aromatic carbocycles. The van der Waals surface area contributed by atoms with E-state index < -0.39 is 23.3 Å². The zero-order chi connectivity index (χ0) is 17.3. The van der Waals surface area contributed by atoms with E-state index in [4.69, 9.17) is 16.3 Å². The molecule has 1 saturated heterocycles. The van der Waals surface area contributed by atoms with E-state index in [9.17, 15) is 18.0 Å². The Hall–Kier alpha value is -2.06. The minimum atomic E-state index is -4.74. The van der Waals surface area contributed by atoms with Gasteiger partial charge in [0.05, 0.1) is 30.7 Å². The van der Waals surface area contributed by atoms with Crippen molar-refractivity contribution in [2.75, 3.05) is 26.3 Å². The summed E-state index contributed by atoms with van der Waals surface area (Å²) in [6.07, 6.45) is -3.79. The van der Waals surface area contributed by atoms with E-state index >= 15 is 0 Å². The summed E-state index contributed by atoms with van der Waals surface area (Å²) in [5, 5.41) is 4.04. The summed E-state index contributed by atoms with van der Waals surface area (Å²) in [5.74, 6) is -0.709. The van der Waals surface area contributed by atoms with Crippen LogP contribution < -0.4 is 0 Å². The molecule has 1 aromatic heterocycles. The maximum atomic E-state index is 13.6. The number of rotatable bonds is 2. The number of alkyl halides is 3. The quantitative estimate of drug-likeness (QED) is 0.828. The summed E-state index contributed by atoms with van der Waals surface area (Å²) in [7, 11) is 0. The fourth-order valence-corrected chi connectivity index (χ4v) is 2.70. The molecule has 0 radical (unpaired) electrons. The summed E-state index contributed by atoms with van der Waals surface area (Å²) in [5.41, 5.74) is -1.46. The first kappa shape index (κ1) is 16.8. The van der Waals surface area contributed by atoms with Crippen molar-refractivity contribution in [3.63, 3.8) is 0 Å². The summed E-state index contributed by atoms with van der Waals surface area (Å²) < 4.78 is 46.5. The first-order valence-electron chi connectivity index (χ1n) is 7.16. The third-order valence-corrected chi connectivity index (χ3v) is 3.85. The first-order valence-corrected chi connectivity index (χ1v) is 7.54. The van der Waals surface area contributed by atoms with E-state index in [1.54, 1.807) is 6.07 Å². The minimum Gasteiger partial charge on any atom is -0.378 e. The van der Waals surface area contributed by atoms with Gasteiger partial charge in [0, 0.05) is 18.1 Å². The molecule has 0 aliphatic carbocycles. The number of hydrogen-bond donors (Lipinski definition) is 0. The third-order valence-electron chi connectivity index (χ3n) is 3.62. The number of nitrogens with zero attached hydrogens (tertiary/aromatic N) is 3. The van der Waals surface area contributed by atoms with Gasteiger partial charge >= 0.3 is 6.18 Å². The normalized spacial score (nSPS) is 15.6. The van der Waals surface area contributed by atoms with Gasteiger partial charge in [0.15, 0.2) is 5.69 Å². The second-order valence-electron chi connectivity index (χ2n) is 5.20. The zero-order valence-corrected chi connectivity index (χ0v) is 13.1. The lowest BCUT2D eigenvalue weighted by Gasteiger charge is -2.27. The van der Waals surface area contributed by atoms with Gasteiger partial charge in [0.2, 0.25) is 0 Å². The Bertz CT molecular complexity index is 755. The number of hydrogen-bond acceptors (Lipinski definition) is 3. The lowest BCUT2D eigenvalue weighted by atomic mass is 10.2. The van der Waals surface area contributed by atoms with Gasteiger partial charge in [0.1, 0.15) is 0 Å². The molecule has 9 heteroatoms. The van der Waals surface area contributed by atoms with Gasteiger partial charge in [-0.25, -0.2) is 4.68 Å². The van der Waals surface area contributed by atoms with Crippen LogP contribution in [0, 0.1) is 0 Å². The Morgan fingerprint density at radius 3 is 2.58 bits per heavy atom. The predicted molar refractivity (Wildman–Crippen MR) is 80.3 cm³/mol. The third kappa shape index (κ3) is 3.25. The molecular formula is C15H13ClF3N3O2. The second-order valence-corrected chi connectivity index (χ2v) is 5.64. The van der Waals surface area contributed by atoms with Crippen molar-refractivity contribution in [1.29, 1.82) is 0 Å². The smallest absolute Gasteiger partial charge is 0.378 e. The molecule has 3 rings (SSSR count). The molecule has 1 amide bonds. The van der Waals surface area contributed by atoms with Crippen LogP contribution in [0.4, 0.5) is 13.2 Å². The standard InChI is InChI=1S/C15H13ClF3N3O2/c16-10-2-1-3-11(8-10)22-13(15(17,18)19)12(9-20-22)14(23)21-4-6-24-7-5-21/h1-3,8-9H,4-7H2. The summed E-state index contributed by atoms with van der Waals surface area (Å²) in [6, 6.07) is 5.86. The number of morpholine rings is 1. The van der Waals surface area contributed by atoms with Gasteiger partial charge in [-0.15, -0.1) is 0 Å². The molecule has 2 heterocycles. The largest absolute Gasteiger partial charge is 0.434 e. The summed E-state index contributed by atoms with van der Waals surface area (Å²) in [6.45, 7) is 1.10. The first-order chi connectivity index (χ1) is 11.4. The van der Waals surface area contributed by atoms with Gasteiger partial charge in [-0.1, -0.05) is 17.7 Å². The van der Waals surface area contributed by atoms with Crippen molar-refractivity contribution >= 4 is 17.5 Å². The minimum absolute atomic E-state index is 0.135. The van der Waals surface area contributed by atoms with Crippen LogP contribution in [0.1, 0.15) is 16.1 Å². The molecule has 0 bridgehead atoms. The van der Waals surface area contributed by atoms with Crippen LogP contribution in [-0.2, 0) is 10.9 Å².